The molecule has 0 aliphatic carbocycles. The van der Waals surface area contributed by atoms with Crippen molar-refractivity contribution in [1.29, 1.82) is 0 Å². The number of nitrogens with zero attached hydrogens (tertiary/aromatic N) is 2. The average Bonchev–Trinajstić information content (AvgIpc) is 2.65. The van der Waals surface area contributed by atoms with Gasteiger partial charge in [-0.2, -0.15) is 0 Å². The molecular weight excluding hydrogens is 287 g/mol. The first kappa shape index (κ1) is 12.1. The summed E-state index contributed by atoms with van der Waals surface area (Å²) in [4.78, 5) is 0. The summed E-state index contributed by atoms with van der Waals surface area (Å²) < 4.78 is 0. The first-order valence-electron chi connectivity index (χ1n) is 4.54. The number of hydrogen-bond donors (Lipinski definition) is 0. The summed E-state index contributed by atoms with van der Waals surface area (Å²) >= 11 is 19.0. The maximum Gasteiger partial charge on any atom is 0.147 e. The molecule has 0 radical (unpaired) electrons. The SMILES string of the molecule is ClCCc1nnc(-c2cc(Cl)cc(Cl)c2)s1. The minimum atomic E-state index is 0.547. The van der Waals surface area contributed by atoms with Crippen LogP contribution in [-0.4, -0.2) is 16.1 Å². The van der Waals surface area contributed by atoms with Crippen molar-refractivity contribution in [1.82, 2.24) is 10.2 Å². The third kappa shape index (κ3) is 2.86. The van der Waals surface area contributed by atoms with Crippen LogP contribution in [0.3, 0.4) is 0 Å². The predicted octanol–water partition coefficient (Wildman–Crippen LogP) is 4.29. The van der Waals surface area contributed by atoms with Crippen LogP contribution in [0.5, 0.6) is 0 Å². The van der Waals surface area contributed by atoms with Gasteiger partial charge in [0, 0.05) is 27.9 Å². The Kier molecular flexibility index (Phi) is 4.03. The monoisotopic (exact) mass is 292 g/mol. The third-order valence-electron chi connectivity index (χ3n) is 1.88. The zero-order valence-electron chi connectivity index (χ0n) is 8.08. The molecule has 2 aromatic rings. The van der Waals surface area contributed by atoms with E-state index in [1.54, 1.807) is 6.07 Å². The van der Waals surface area contributed by atoms with Crippen LogP contribution < -0.4 is 0 Å². The molecule has 84 valence electrons. The third-order valence-corrected chi connectivity index (χ3v) is 3.54. The van der Waals surface area contributed by atoms with Crippen molar-refractivity contribution in [3.8, 4) is 10.6 Å². The van der Waals surface area contributed by atoms with E-state index in [0.29, 0.717) is 15.9 Å². The van der Waals surface area contributed by atoms with Gasteiger partial charge in [-0.25, -0.2) is 0 Å². The normalized spacial score (nSPS) is 10.7. The minimum Gasteiger partial charge on any atom is -0.143 e. The lowest BCUT2D eigenvalue weighted by atomic mass is 10.2. The molecule has 0 aliphatic heterocycles. The van der Waals surface area contributed by atoms with Crippen molar-refractivity contribution in [2.24, 2.45) is 0 Å². The maximum absolute atomic E-state index is 5.92. The van der Waals surface area contributed by atoms with Gasteiger partial charge in [0.1, 0.15) is 10.0 Å². The molecule has 0 spiro atoms. The molecule has 0 N–H and O–H groups in total. The van der Waals surface area contributed by atoms with Crippen LogP contribution >= 0.6 is 46.1 Å². The quantitative estimate of drug-likeness (QED) is 0.789. The van der Waals surface area contributed by atoms with Crippen molar-refractivity contribution in [2.75, 3.05) is 5.88 Å². The molecule has 1 aromatic heterocycles. The molecular formula is C10H7Cl3N2S. The second-order valence-electron chi connectivity index (χ2n) is 3.10. The molecule has 0 unspecified atom stereocenters. The Balaban J connectivity index is 2.34. The summed E-state index contributed by atoms with van der Waals surface area (Å²) in [6.45, 7) is 0. The zero-order valence-corrected chi connectivity index (χ0v) is 11.2. The topological polar surface area (TPSA) is 25.8 Å². The fourth-order valence-electron chi connectivity index (χ4n) is 1.23. The van der Waals surface area contributed by atoms with Gasteiger partial charge < -0.3 is 0 Å². The number of hydrogen-bond acceptors (Lipinski definition) is 3. The number of benzene rings is 1. The van der Waals surface area contributed by atoms with Crippen molar-refractivity contribution in [3.05, 3.63) is 33.3 Å². The Morgan fingerprint density at radius 1 is 1.06 bits per heavy atom. The molecule has 0 aliphatic rings. The largest absolute Gasteiger partial charge is 0.147 e. The van der Waals surface area contributed by atoms with Crippen molar-refractivity contribution >= 4 is 46.1 Å². The summed E-state index contributed by atoms with van der Waals surface area (Å²) in [6, 6.07) is 5.32. The second kappa shape index (κ2) is 5.32. The number of aromatic nitrogens is 2. The Morgan fingerprint density at radius 2 is 1.75 bits per heavy atom. The highest BCUT2D eigenvalue weighted by Crippen LogP contribution is 2.29. The standard InChI is InChI=1S/C10H7Cl3N2S/c11-2-1-9-14-15-10(16-9)6-3-7(12)5-8(13)4-6/h3-5H,1-2H2. The van der Waals surface area contributed by atoms with Crippen molar-refractivity contribution in [2.45, 2.75) is 6.42 Å². The summed E-state index contributed by atoms with van der Waals surface area (Å²) in [6.07, 6.45) is 0.730. The van der Waals surface area contributed by atoms with Gasteiger partial charge in [-0.3, -0.25) is 0 Å². The lowest BCUT2D eigenvalue weighted by Gasteiger charge is -1.97. The maximum atomic E-state index is 5.92. The van der Waals surface area contributed by atoms with E-state index in [9.17, 15) is 0 Å². The van der Waals surface area contributed by atoms with Crippen LogP contribution in [0, 0.1) is 0 Å². The Morgan fingerprint density at radius 3 is 2.38 bits per heavy atom. The van der Waals surface area contributed by atoms with Gasteiger partial charge in [0.2, 0.25) is 0 Å². The number of aryl methyl sites for hydroxylation is 1. The van der Waals surface area contributed by atoms with Gasteiger partial charge in [-0.1, -0.05) is 34.5 Å². The van der Waals surface area contributed by atoms with E-state index in [2.05, 4.69) is 10.2 Å². The van der Waals surface area contributed by atoms with E-state index >= 15 is 0 Å². The summed E-state index contributed by atoms with van der Waals surface area (Å²) in [5.74, 6) is 0.547. The van der Waals surface area contributed by atoms with Crippen LogP contribution in [0.2, 0.25) is 10.0 Å². The van der Waals surface area contributed by atoms with Crippen molar-refractivity contribution in [3.63, 3.8) is 0 Å². The van der Waals surface area contributed by atoms with E-state index in [1.165, 1.54) is 11.3 Å². The Bertz CT molecular complexity index is 478. The smallest absolute Gasteiger partial charge is 0.143 e. The van der Waals surface area contributed by atoms with Crippen LogP contribution in [0.15, 0.2) is 18.2 Å². The van der Waals surface area contributed by atoms with E-state index in [1.807, 2.05) is 12.1 Å². The predicted molar refractivity (Wildman–Crippen MR) is 69.8 cm³/mol. The molecule has 0 fully saturated rings. The zero-order chi connectivity index (χ0) is 11.5. The number of halogens is 3. The molecule has 1 heterocycles. The average molecular weight is 294 g/mol. The molecule has 2 rings (SSSR count). The highest BCUT2D eigenvalue weighted by atomic mass is 35.5. The van der Waals surface area contributed by atoms with Crippen LogP contribution in [0.4, 0.5) is 0 Å². The van der Waals surface area contributed by atoms with Gasteiger partial charge in [-0.15, -0.1) is 21.8 Å². The van der Waals surface area contributed by atoms with E-state index < -0.39 is 0 Å². The first-order valence-corrected chi connectivity index (χ1v) is 6.64. The molecule has 0 bridgehead atoms. The van der Waals surface area contributed by atoms with E-state index in [0.717, 1.165) is 22.0 Å². The van der Waals surface area contributed by atoms with Crippen molar-refractivity contribution < 1.29 is 0 Å². The molecule has 0 saturated carbocycles. The van der Waals surface area contributed by atoms with Gasteiger partial charge in [0.05, 0.1) is 0 Å². The van der Waals surface area contributed by atoms with Crippen LogP contribution in [0.1, 0.15) is 5.01 Å². The van der Waals surface area contributed by atoms with Gasteiger partial charge >= 0.3 is 0 Å². The summed E-state index contributed by atoms with van der Waals surface area (Å²) in [5, 5.41) is 11.0. The van der Waals surface area contributed by atoms with E-state index in [4.69, 9.17) is 34.8 Å². The fourth-order valence-corrected chi connectivity index (χ4v) is 2.87. The summed E-state index contributed by atoms with van der Waals surface area (Å²) in [5.41, 5.74) is 0.885. The lowest BCUT2D eigenvalue weighted by Crippen LogP contribution is -1.83. The highest BCUT2D eigenvalue weighted by molar-refractivity contribution is 7.14. The van der Waals surface area contributed by atoms with E-state index in [-0.39, 0.29) is 0 Å². The Labute approximate surface area is 112 Å². The fraction of sp³-hybridized carbons (Fsp3) is 0.200. The van der Waals surface area contributed by atoms with Crippen LogP contribution in [0.25, 0.3) is 10.6 Å². The molecule has 0 saturated heterocycles. The second-order valence-corrected chi connectivity index (χ2v) is 5.41. The molecule has 6 heteroatoms. The number of alkyl halides is 1. The Hall–Kier alpha value is -0.350. The highest BCUT2D eigenvalue weighted by Gasteiger charge is 2.07. The molecule has 0 atom stereocenters. The van der Waals surface area contributed by atoms with Gasteiger partial charge in [0.15, 0.2) is 0 Å². The summed E-state index contributed by atoms with van der Waals surface area (Å²) in [7, 11) is 0. The van der Waals surface area contributed by atoms with Gasteiger partial charge in [-0.05, 0) is 18.2 Å². The number of rotatable bonds is 3. The molecule has 16 heavy (non-hydrogen) atoms. The van der Waals surface area contributed by atoms with Gasteiger partial charge in [0.25, 0.3) is 0 Å². The van der Waals surface area contributed by atoms with Crippen LogP contribution in [-0.2, 0) is 6.42 Å². The first-order chi connectivity index (χ1) is 7.69. The minimum absolute atomic E-state index is 0.547. The molecule has 2 nitrogen and oxygen atoms in total. The molecule has 1 aromatic carbocycles. The molecule has 0 amide bonds. The lowest BCUT2D eigenvalue weighted by molar-refractivity contribution is 0.990.